The van der Waals surface area contributed by atoms with Crippen LogP contribution in [0.25, 0.3) is 0 Å². The van der Waals surface area contributed by atoms with Crippen LogP contribution in [-0.4, -0.2) is 31.6 Å². The van der Waals surface area contributed by atoms with Crippen LogP contribution in [-0.2, 0) is 6.42 Å². The minimum atomic E-state index is -1.03. The van der Waals surface area contributed by atoms with E-state index in [9.17, 15) is 13.6 Å². The maximum Gasteiger partial charge on any atom is 0.260 e. The van der Waals surface area contributed by atoms with Crippen molar-refractivity contribution in [3.63, 3.8) is 0 Å². The van der Waals surface area contributed by atoms with Crippen LogP contribution < -0.4 is 9.47 Å². The Kier molecular flexibility index (Phi) is 6.02. The van der Waals surface area contributed by atoms with Crippen molar-refractivity contribution in [3.05, 3.63) is 93.3 Å². The number of amides is 1. The zero-order chi connectivity index (χ0) is 23.0. The summed E-state index contributed by atoms with van der Waals surface area (Å²) < 4.78 is 54.6. The number of hydrogen-bond donors (Lipinski definition) is 0. The number of nitrogens with zero attached hydrogens (tertiary/aromatic N) is 1. The molecule has 0 aliphatic carbocycles. The Morgan fingerprint density at radius 1 is 0.969 bits per heavy atom. The van der Waals surface area contributed by atoms with E-state index in [-0.39, 0.29) is 17.1 Å². The maximum atomic E-state index is 15.0. The summed E-state index contributed by atoms with van der Waals surface area (Å²) in [6, 6.07) is 9.72. The molecule has 0 spiro atoms. The molecule has 166 valence electrons. The normalized spacial score (nSPS) is 15.3. The molecule has 1 amide bonds. The fourth-order valence-electron chi connectivity index (χ4n) is 4.09. The van der Waals surface area contributed by atoms with Crippen molar-refractivity contribution < 1.29 is 27.4 Å². The van der Waals surface area contributed by atoms with Crippen LogP contribution in [0, 0.1) is 17.5 Å². The SMILES string of the molecule is COc1cc2c(cc1OC)[C@@H](c1c(F)cccc1Cl)N(C(=O)c1c(F)cccc1F)CC2. The molecule has 1 heterocycles. The van der Waals surface area contributed by atoms with Gasteiger partial charge in [-0.3, -0.25) is 4.79 Å². The van der Waals surface area contributed by atoms with E-state index in [4.69, 9.17) is 21.1 Å². The number of rotatable bonds is 4. The Morgan fingerprint density at radius 3 is 2.19 bits per heavy atom. The molecule has 0 saturated heterocycles. The van der Waals surface area contributed by atoms with Gasteiger partial charge in [0.15, 0.2) is 11.5 Å². The molecule has 1 aliphatic heterocycles. The second-order valence-corrected chi connectivity index (χ2v) is 7.70. The molecule has 0 bridgehead atoms. The number of fused-ring (bicyclic) bond motifs is 1. The molecule has 4 rings (SSSR count). The highest BCUT2D eigenvalue weighted by atomic mass is 35.5. The lowest BCUT2D eigenvalue weighted by Gasteiger charge is -2.38. The van der Waals surface area contributed by atoms with Gasteiger partial charge in [0.2, 0.25) is 0 Å². The third-order valence-electron chi connectivity index (χ3n) is 5.58. The Morgan fingerprint density at radius 2 is 1.56 bits per heavy atom. The molecule has 0 saturated carbocycles. The average Bonchev–Trinajstić information content (AvgIpc) is 2.77. The summed E-state index contributed by atoms with van der Waals surface area (Å²) in [5.41, 5.74) is 0.650. The summed E-state index contributed by atoms with van der Waals surface area (Å²) in [6.07, 6.45) is 0.361. The molecule has 4 nitrogen and oxygen atoms in total. The number of hydrogen-bond acceptors (Lipinski definition) is 3. The van der Waals surface area contributed by atoms with E-state index in [1.165, 1.54) is 43.4 Å². The Balaban J connectivity index is 1.95. The van der Waals surface area contributed by atoms with E-state index in [0.717, 1.165) is 17.7 Å². The number of methoxy groups -OCH3 is 2. The quantitative estimate of drug-likeness (QED) is 0.510. The molecule has 0 fully saturated rings. The molecular formula is C24H19ClF3NO3. The number of halogens is 4. The predicted octanol–water partition coefficient (Wildman–Crippen LogP) is 5.56. The summed E-state index contributed by atoms with van der Waals surface area (Å²) >= 11 is 6.36. The van der Waals surface area contributed by atoms with E-state index in [2.05, 4.69) is 0 Å². The first-order valence-corrected chi connectivity index (χ1v) is 10.2. The summed E-state index contributed by atoms with van der Waals surface area (Å²) in [7, 11) is 2.95. The zero-order valence-corrected chi connectivity index (χ0v) is 18.1. The summed E-state index contributed by atoms with van der Waals surface area (Å²) in [5, 5.41) is 0.0874. The summed E-state index contributed by atoms with van der Waals surface area (Å²) in [6.45, 7) is 0.0877. The van der Waals surface area contributed by atoms with Crippen LogP contribution in [0.4, 0.5) is 13.2 Å². The maximum absolute atomic E-state index is 15.0. The van der Waals surface area contributed by atoms with E-state index in [0.29, 0.717) is 23.5 Å². The third-order valence-corrected chi connectivity index (χ3v) is 5.91. The molecule has 8 heteroatoms. The monoisotopic (exact) mass is 461 g/mol. The van der Waals surface area contributed by atoms with Gasteiger partial charge in [0.05, 0.1) is 20.3 Å². The Bertz CT molecular complexity index is 1160. The van der Waals surface area contributed by atoms with Crippen molar-refractivity contribution in [2.24, 2.45) is 0 Å². The fourth-order valence-corrected chi connectivity index (χ4v) is 4.36. The zero-order valence-electron chi connectivity index (χ0n) is 17.3. The molecule has 3 aromatic rings. The van der Waals surface area contributed by atoms with Gasteiger partial charge in [-0.25, -0.2) is 13.2 Å². The second kappa shape index (κ2) is 8.74. The van der Waals surface area contributed by atoms with Crippen molar-refractivity contribution in [1.29, 1.82) is 0 Å². The smallest absolute Gasteiger partial charge is 0.260 e. The Hall–Kier alpha value is -3.19. The first kappa shape index (κ1) is 22.0. The van der Waals surface area contributed by atoms with Crippen molar-refractivity contribution in [2.45, 2.75) is 12.5 Å². The number of benzene rings is 3. The van der Waals surface area contributed by atoms with Gasteiger partial charge in [-0.05, 0) is 53.9 Å². The number of carbonyl (C=O) groups excluding carboxylic acids is 1. The van der Waals surface area contributed by atoms with Gasteiger partial charge < -0.3 is 14.4 Å². The molecule has 0 N–H and O–H groups in total. The second-order valence-electron chi connectivity index (χ2n) is 7.29. The molecule has 0 radical (unpaired) electrons. The van der Waals surface area contributed by atoms with Gasteiger partial charge in [0, 0.05) is 17.1 Å². The number of ether oxygens (including phenoxy) is 2. The van der Waals surface area contributed by atoms with Gasteiger partial charge in [-0.2, -0.15) is 0 Å². The van der Waals surface area contributed by atoms with Crippen LogP contribution in [0.3, 0.4) is 0 Å². The van der Waals surface area contributed by atoms with Crippen LogP contribution in [0.5, 0.6) is 11.5 Å². The van der Waals surface area contributed by atoms with Crippen LogP contribution >= 0.6 is 11.6 Å². The van der Waals surface area contributed by atoms with E-state index in [1.54, 1.807) is 12.1 Å². The molecule has 32 heavy (non-hydrogen) atoms. The topological polar surface area (TPSA) is 38.8 Å². The summed E-state index contributed by atoms with van der Waals surface area (Å²) in [5.74, 6) is -2.68. The van der Waals surface area contributed by atoms with Crippen LogP contribution in [0.1, 0.15) is 33.1 Å². The van der Waals surface area contributed by atoms with Gasteiger partial charge in [0.25, 0.3) is 5.91 Å². The minimum absolute atomic E-state index is 0.0347. The van der Waals surface area contributed by atoms with E-state index in [1.807, 2.05) is 0 Å². The standard InChI is InChI=1S/C24H19ClF3NO3/c1-31-19-11-13-9-10-29(24(30)22-17(27)7-4-8-18(22)28)23(14(13)12-20(19)32-2)21-15(25)5-3-6-16(21)26/h3-8,11-12,23H,9-10H2,1-2H3/t23-/m0/s1. The molecule has 0 unspecified atom stereocenters. The fraction of sp³-hybridized carbons (Fsp3) is 0.208. The molecule has 3 aromatic carbocycles. The van der Waals surface area contributed by atoms with Crippen molar-refractivity contribution >= 4 is 17.5 Å². The van der Waals surface area contributed by atoms with Crippen LogP contribution in [0.2, 0.25) is 5.02 Å². The first-order valence-electron chi connectivity index (χ1n) is 9.81. The molecule has 1 aliphatic rings. The number of carbonyl (C=O) groups is 1. The van der Waals surface area contributed by atoms with Crippen molar-refractivity contribution in [1.82, 2.24) is 4.90 Å². The molecular weight excluding hydrogens is 443 g/mol. The third kappa shape index (κ3) is 3.66. The predicted molar refractivity (Wildman–Crippen MR) is 114 cm³/mol. The molecule has 0 aromatic heterocycles. The lowest BCUT2D eigenvalue weighted by atomic mass is 9.86. The first-order chi connectivity index (χ1) is 15.4. The van der Waals surface area contributed by atoms with Gasteiger partial charge >= 0.3 is 0 Å². The van der Waals surface area contributed by atoms with E-state index >= 15 is 4.39 Å². The lowest BCUT2D eigenvalue weighted by molar-refractivity contribution is 0.0681. The van der Waals surface area contributed by atoms with Crippen LogP contribution in [0.15, 0.2) is 48.5 Å². The highest BCUT2D eigenvalue weighted by Crippen LogP contribution is 2.44. The van der Waals surface area contributed by atoms with Gasteiger partial charge in [-0.15, -0.1) is 0 Å². The average molecular weight is 462 g/mol. The van der Waals surface area contributed by atoms with Crippen molar-refractivity contribution in [2.75, 3.05) is 20.8 Å². The van der Waals surface area contributed by atoms with E-state index < -0.39 is 35.0 Å². The largest absolute Gasteiger partial charge is 0.493 e. The summed E-state index contributed by atoms with van der Waals surface area (Å²) in [4.78, 5) is 14.6. The highest BCUT2D eigenvalue weighted by Gasteiger charge is 2.38. The minimum Gasteiger partial charge on any atom is -0.493 e. The Labute approximate surface area is 188 Å². The van der Waals surface area contributed by atoms with Gasteiger partial charge in [0.1, 0.15) is 23.0 Å². The highest BCUT2D eigenvalue weighted by molar-refractivity contribution is 6.31. The van der Waals surface area contributed by atoms with Crippen molar-refractivity contribution in [3.8, 4) is 11.5 Å². The molecule has 1 atom stereocenters. The van der Waals surface area contributed by atoms with Gasteiger partial charge in [-0.1, -0.05) is 23.7 Å². The lowest BCUT2D eigenvalue weighted by Crippen LogP contribution is -2.41.